The van der Waals surface area contributed by atoms with Crippen LogP contribution in [0.25, 0.3) is 0 Å². The molecule has 1 aliphatic heterocycles. The van der Waals surface area contributed by atoms with Crippen LogP contribution in [-0.4, -0.2) is 23.2 Å². The molecule has 1 atom stereocenters. The van der Waals surface area contributed by atoms with E-state index < -0.39 is 0 Å². The molecule has 26 heavy (non-hydrogen) atoms. The summed E-state index contributed by atoms with van der Waals surface area (Å²) in [5.41, 5.74) is 2.21. The third-order valence-electron chi connectivity index (χ3n) is 3.92. The average Bonchev–Trinajstić information content (AvgIpc) is 2.61. The molecule has 0 saturated carbocycles. The molecule has 0 saturated heterocycles. The first-order valence-corrected chi connectivity index (χ1v) is 9.45. The smallest absolute Gasteiger partial charge is 0.251 e. The quantitative estimate of drug-likeness (QED) is 0.839. The van der Waals surface area contributed by atoms with E-state index in [1.165, 1.54) is 11.8 Å². The van der Waals surface area contributed by atoms with Crippen LogP contribution in [0.4, 0.5) is 5.69 Å². The van der Waals surface area contributed by atoms with Crippen molar-refractivity contribution in [2.75, 3.05) is 5.32 Å². The fraction of sp³-hybridized carbons (Fsp3) is 0.300. The number of benzene rings is 2. The maximum Gasteiger partial charge on any atom is 0.251 e. The van der Waals surface area contributed by atoms with Crippen LogP contribution < -0.4 is 15.4 Å². The Bertz CT molecular complexity index is 818. The summed E-state index contributed by atoms with van der Waals surface area (Å²) in [5.74, 6) is 0.601. The van der Waals surface area contributed by atoms with Crippen molar-refractivity contribution in [1.29, 1.82) is 0 Å². The van der Waals surface area contributed by atoms with E-state index >= 15 is 0 Å². The zero-order valence-electron chi connectivity index (χ0n) is 15.0. The predicted molar refractivity (Wildman–Crippen MR) is 104 cm³/mol. The van der Waals surface area contributed by atoms with Crippen molar-refractivity contribution in [2.24, 2.45) is 0 Å². The number of ether oxygens (including phenoxy) is 1. The Kier molecular flexibility index (Phi) is 5.52. The van der Waals surface area contributed by atoms with E-state index in [4.69, 9.17) is 4.74 Å². The van der Waals surface area contributed by atoms with Crippen LogP contribution in [0.15, 0.2) is 47.4 Å². The number of amides is 2. The van der Waals surface area contributed by atoms with Gasteiger partial charge in [-0.1, -0.05) is 12.1 Å². The number of nitrogens with one attached hydrogen (secondary N) is 2. The van der Waals surface area contributed by atoms with Crippen LogP contribution in [-0.2, 0) is 11.3 Å². The third kappa shape index (κ3) is 4.38. The molecule has 0 aromatic heterocycles. The Balaban J connectivity index is 1.62. The van der Waals surface area contributed by atoms with Crippen LogP contribution in [0, 0.1) is 0 Å². The van der Waals surface area contributed by atoms with Gasteiger partial charge < -0.3 is 15.4 Å². The van der Waals surface area contributed by atoms with E-state index in [9.17, 15) is 9.59 Å². The molecule has 0 fully saturated rings. The Morgan fingerprint density at radius 3 is 2.65 bits per heavy atom. The first-order valence-electron chi connectivity index (χ1n) is 8.58. The molecule has 1 aliphatic rings. The molecule has 1 unspecified atom stereocenters. The number of carbonyl (C=O) groups excluding carboxylic acids is 2. The van der Waals surface area contributed by atoms with E-state index in [1.54, 1.807) is 12.1 Å². The van der Waals surface area contributed by atoms with Crippen molar-refractivity contribution in [3.05, 3.63) is 53.6 Å². The van der Waals surface area contributed by atoms with Gasteiger partial charge >= 0.3 is 0 Å². The maximum absolute atomic E-state index is 12.4. The van der Waals surface area contributed by atoms with Crippen molar-refractivity contribution in [2.45, 2.75) is 43.6 Å². The fourth-order valence-electron chi connectivity index (χ4n) is 2.59. The third-order valence-corrected chi connectivity index (χ3v) is 5.10. The molecule has 2 amide bonds. The van der Waals surface area contributed by atoms with Crippen molar-refractivity contribution < 1.29 is 14.3 Å². The van der Waals surface area contributed by atoms with Gasteiger partial charge in [0.25, 0.3) is 5.91 Å². The summed E-state index contributed by atoms with van der Waals surface area (Å²) in [6.07, 6.45) is 0.131. The fourth-order valence-corrected chi connectivity index (χ4v) is 3.52. The highest BCUT2D eigenvalue weighted by molar-refractivity contribution is 8.00. The molecule has 0 bridgehead atoms. The Hall–Kier alpha value is -2.47. The van der Waals surface area contributed by atoms with E-state index in [0.717, 1.165) is 16.2 Å². The lowest BCUT2D eigenvalue weighted by molar-refractivity contribution is -0.115. The van der Waals surface area contributed by atoms with Crippen LogP contribution >= 0.6 is 11.8 Å². The van der Waals surface area contributed by atoms with E-state index in [0.29, 0.717) is 17.8 Å². The zero-order chi connectivity index (χ0) is 18.7. The second-order valence-corrected chi connectivity index (χ2v) is 7.84. The summed E-state index contributed by atoms with van der Waals surface area (Å²) in [4.78, 5) is 25.2. The molecule has 0 spiro atoms. The summed E-state index contributed by atoms with van der Waals surface area (Å²) < 4.78 is 5.61. The summed E-state index contributed by atoms with van der Waals surface area (Å²) in [5, 5.41) is 5.63. The molecule has 2 aromatic rings. The van der Waals surface area contributed by atoms with Crippen molar-refractivity contribution in [3.8, 4) is 5.75 Å². The average molecular weight is 370 g/mol. The predicted octanol–water partition coefficient (Wildman–Crippen LogP) is 3.84. The number of carbonyl (C=O) groups is 2. The van der Waals surface area contributed by atoms with Gasteiger partial charge in [0.15, 0.2) is 0 Å². The van der Waals surface area contributed by atoms with E-state index in [-0.39, 0.29) is 23.2 Å². The van der Waals surface area contributed by atoms with Crippen molar-refractivity contribution in [1.82, 2.24) is 5.32 Å². The minimum Gasteiger partial charge on any atom is -0.491 e. The maximum atomic E-state index is 12.4. The number of hydrogen-bond donors (Lipinski definition) is 2. The summed E-state index contributed by atoms with van der Waals surface area (Å²) in [6.45, 7) is 6.25. The molecule has 2 aromatic carbocycles. The van der Waals surface area contributed by atoms with Crippen LogP contribution in [0.2, 0.25) is 0 Å². The van der Waals surface area contributed by atoms with Crippen molar-refractivity contribution in [3.63, 3.8) is 0 Å². The standard InChI is InChI=1S/C20H22N2O3S/c1-12(2)25-16-7-4-14(5-8-16)11-21-20(24)15-6-9-18-17(10-15)22-19(23)13(3)26-18/h4-10,12-13H,11H2,1-3H3,(H,21,24)(H,22,23). The lowest BCUT2D eigenvalue weighted by atomic mass is 10.1. The molecular formula is C20H22N2O3S. The molecule has 6 heteroatoms. The Morgan fingerprint density at radius 2 is 1.96 bits per heavy atom. The summed E-state index contributed by atoms with van der Waals surface area (Å²) in [6, 6.07) is 13.0. The highest BCUT2D eigenvalue weighted by atomic mass is 32.2. The molecular weight excluding hydrogens is 348 g/mol. The number of hydrogen-bond acceptors (Lipinski definition) is 4. The normalized spacial score (nSPS) is 16.0. The largest absolute Gasteiger partial charge is 0.491 e. The van der Waals surface area contributed by atoms with Gasteiger partial charge in [-0.3, -0.25) is 9.59 Å². The van der Waals surface area contributed by atoms with Gasteiger partial charge in [0.1, 0.15) is 5.75 Å². The Morgan fingerprint density at radius 1 is 1.23 bits per heavy atom. The monoisotopic (exact) mass is 370 g/mol. The van der Waals surface area contributed by atoms with Gasteiger partial charge in [-0.25, -0.2) is 0 Å². The molecule has 0 radical (unpaired) electrons. The first-order chi connectivity index (χ1) is 12.4. The number of fused-ring (bicyclic) bond motifs is 1. The van der Waals surface area contributed by atoms with E-state index in [2.05, 4.69) is 10.6 Å². The van der Waals surface area contributed by atoms with Gasteiger partial charge in [0.05, 0.1) is 17.0 Å². The molecule has 5 nitrogen and oxygen atoms in total. The van der Waals surface area contributed by atoms with Crippen LogP contribution in [0.5, 0.6) is 5.75 Å². The molecule has 3 rings (SSSR count). The molecule has 1 heterocycles. The number of anilines is 1. The second kappa shape index (κ2) is 7.83. The number of rotatable bonds is 5. The number of thioether (sulfide) groups is 1. The van der Waals surface area contributed by atoms with Gasteiger partial charge in [0.2, 0.25) is 5.91 Å². The van der Waals surface area contributed by atoms with Crippen molar-refractivity contribution >= 4 is 29.3 Å². The van der Waals surface area contributed by atoms with Gasteiger partial charge in [-0.05, 0) is 56.7 Å². The van der Waals surface area contributed by atoms with Gasteiger partial charge in [-0.15, -0.1) is 11.8 Å². The van der Waals surface area contributed by atoms with E-state index in [1.807, 2.05) is 51.1 Å². The highest BCUT2D eigenvalue weighted by Crippen LogP contribution is 2.35. The first kappa shape index (κ1) is 18.3. The summed E-state index contributed by atoms with van der Waals surface area (Å²) >= 11 is 1.50. The zero-order valence-corrected chi connectivity index (χ0v) is 15.9. The minimum atomic E-state index is -0.173. The highest BCUT2D eigenvalue weighted by Gasteiger charge is 2.23. The van der Waals surface area contributed by atoms with Gasteiger partial charge in [-0.2, -0.15) is 0 Å². The lowest BCUT2D eigenvalue weighted by Gasteiger charge is -2.21. The minimum absolute atomic E-state index is 0.0382. The lowest BCUT2D eigenvalue weighted by Crippen LogP contribution is -2.27. The van der Waals surface area contributed by atoms with Crippen LogP contribution in [0.1, 0.15) is 36.7 Å². The molecule has 2 N–H and O–H groups in total. The van der Waals surface area contributed by atoms with Gasteiger partial charge in [0, 0.05) is 17.0 Å². The topological polar surface area (TPSA) is 67.4 Å². The second-order valence-electron chi connectivity index (χ2n) is 6.45. The summed E-state index contributed by atoms with van der Waals surface area (Å²) in [7, 11) is 0. The SMILES string of the molecule is CC(C)Oc1ccc(CNC(=O)c2ccc3c(c2)NC(=O)C(C)S3)cc1. The Labute approximate surface area is 157 Å². The molecule has 136 valence electrons. The molecule has 0 aliphatic carbocycles. The van der Waals surface area contributed by atoms with Crippen LogP contribution in [0.3, 0.4) is 0 Å².